The van der Waals surface area contributed by atoms with Crippen LogP contribution < -0.4 is 14.6 Å². The van der Waals surface area contributed by atoms with Crippen molar-refractivity contribution in [1.29, 1.82) is 0 Å². The van der Waals surface area contributed by atoms with E-state index in [4.69, 9.17) is 9.47 Å². The number of alkyl halides is 3. The third kappa shape index (κ3) is 6.02. The topological polar surface area (TPSA) is 58.6 Å². The maximum atomic E-state index is 12.5. The van der Waals surface area contributed by atoms with Gasteiger partial charge in [0.15, 0.2) is 0 Å². The van der Waals surface area contributed by atoms with Crippen LogP contribution in [0.1, 0.15) is 18.1 Å². The zero-order valence-corrected chi connectivity index (χ0v) is 13.4. The third-order valence-corrected chi connectivity index (χ3v) is 3.28. The molecule has 2 rings (SSSR count). The average molecular weight is 353 g/mol. The van der Waals surface area contributed by atoms with Crippen LogP contribution in [0.2, 0.25) is 0 Å². The molecule has 0 aromatic heterocycles. The summed E-state index contributed by atoms with van der Waals surface area (Å²) in [6.45, 7) is 1.91. The molecule has 0 aliphatic carbocycles. The summed E-state index contributed by atoms with van der Waals surface area (Å²) in [6.07, 6.45) is -4.94. The molecule has 0 saturated heterocycles. The number of aliphatic carboxylic acids is 1. The summed E-state index contributed by atoms with van der Waals surface area (Å²) < 4.78 is 48.5. The molecule has 0 spiro atoms. The summed E-state index contributed by atoms with van der Waals surface area (Å²) in [5.74, 6) is -0.314. The van der Waals surface area contributed by atoms with E-state index in [1.54, 1.807) is 31.2 Å². The van der Waals surface area contributed by atoms with Gasteiger partial charge >= 0.3 is 6.18 Å². The first-order chi connectivity index (χ1) is 11.7. The van der Waals surface area contributed by atoms with Crippen LogP contribution in [0.3, 0.4) is 0 Å². The van der Waals surface area contributed by atoms with Gasteiger partial charge in [0.1, 0.15) is 24.2 Å². The normalized spacial score (nSPS) is 12.5. The van der Waals surface area contributed by atoms with Crippen LogP contribution >= 0.6 is 0 Å². The summed E-state index contributed by atoms with van der Waals surface area (Å²) in [4.78, 5) is 10.5. The lowest BCUT2D eigenvalue weighted by atomic mass is 10.1. The lowest BCUT2D eigenvalue weighted by molar-refractivity contribution is -0.304. The second-order valence-electron chi connectivity index (χ2n) is 5.45. The Kier molecular flexibility index (Phi) is 5.90. The van der Waals surface area contributed by atoms with Crippen LogP contribution in [-0.2, 0) is 17.4 Å². The number of halogens is 3. The third-order valence-electron chi connectivity index (χ3n) is 3.28. The van der Waals surface area contributed by atoms with Crippen LogP contribution in [0.25, 0.3) is 0 Å². The standard InChI is InChI=1S/C18H17F3O4/c1-12(25-16-8-4-14(5-9-16)18(19,20)21)11-24-15-6-2-13(3-7-15)10-17(22)23/h2-9,12H,10-11H2,1H3,(H,22,23)/p-1. The molecular weight excluding hydrogens is 337 g/mol. The molecule has 7 heteroatoms. The van der Waals surface area contributed by atoms with Gasteiger partial charge in [0, 0.05) is 12.4 Å². The zero-order valence-electron chi connectivity index (χ0n) is 13.4. The van der Waals surface area contributed by atoms with Crippen molar-refractivity contribution in [2.24, 2.45) is 0 Å². The molecule has 0 N–H and O–H groups in total. The van der Waals surface area contributed by atoms with Crippen molar-refractivity contribution in [3.63, 3.8) is 0 Å². The first-order valence-electron chi connectivity index (χ1n) is 7.49. The van der Waals surface area contributed by atoms with Crippen LogP contribution in [0, 0.1) is 0 Å². The number of carboxylic acid groups (broad SMARTS) is 1. The number of carbonyl (C=O) groups excluding carboxylic acids is 1. The summed E-state index contributed by atoms with van der Waals surface area (Å²) in [6, 6.07) is 10.9. The number of hydrogen-bond acceptors (Lipinski definition) is 4. The molecule has 0 amide bonds. The molecule has 1 unspecified atom stereocenters. The minimum atomic E-state index is -4.38. The Balaban J connectivity index is 1.84. The molecule has 0 aliphatic rings. The maximum Gasteiger partial charge on any atom is 0.416 e. The fourth-order valence-electron chi connectivity index (χ4n) is 2.07. The highest BCUT2D eigenvalue weighted by Gasteiger charge is 2.30. The highest BCUT2D eigenvalue weighted by molar-refractivity contribution is 5.67. The van der Waals surface area contributed by atoms with Gasteiger partial charge in [-0.15, -0.1) is 0 Å². The number of hydrogen-bond donors (Lipinski definition) is 0. The van der Waals surface area contributed by atoms with Gasteiger partial charge in [-0.2, -0.15) is 13.2 Å². The molecule has 0 fully saturated rings. The average Bonchev–Trinajstić information content (AvgIpc) is 2.53. The predicted molar refractivity (Wildman–Crippen MR) is 82.2 cm³/mol. The number of carbonyl (C=O) groups is 1. The van der Waals surface area contributed by atoms with Crippen molar-refractivity contribution in [3.8, 4) is 11.5 Å². The van der Waals surface area contributed by atoms with Crippen molar-refractivity contribution in [2.45, 2.75) is 25.6 Å². The van der Waals surface area contributed by atoms with Gasteiger partial charge in [-0.1, -0.05) is 12.1 Å². The van der Waals surface area contributed by atoms with Gasteiger partial charge in [-0.05, 0) is 48.9 Å². The minimum absolute atomic E-state index is 0.173. The van der Waals surface area contributed by atoms with E-state index in [1.165, 1.54) is 12.1 Å². The van der Waals surface area contributed by atoms with Crippen molar-refractivity contribution < 1.29 is 32.5 Å². The fourth-order valence-corrected chi connectivity index (χ4v) is 2.07. The van der Waals surface area contributed by atoms with Crippen LogP contribution in [-0.4, -0.2) is 18.7 Å². The first kappa shape index (κ1) is 18.6. The van der Waals surface area contributed by atoms with Crippen molar-refractivity contribution in [1.82, 2.24) is 0 Å². The molecule has 25 heavy (non-hydrogen) atoms. The minimum Gasteiger partial charge on any atom is -0.550 e. The van der Waals surface area contributed by atoms with Crippen molar-refractivity contribution >= 4 is 5.97 Å². The Hall–Kier alpha value is -2.70. The fraction of sp³-hybridized carbons (Fsp3) is 0.278. The van der Waals surface area contributed by atoms with Crippen molar-refractivity contribution in [2.75, 3.05) is 6.61 Å². The molecule has 0 saturated carbocycles. The molecule has 0 radical (unpaired) electrons. The summed E-state index contributed by atoms with van der Waals surface area (Å²) >= 11 is 0. The lowest BCUT2D eigenvalue weighted by Gasteiger charge is -2.16. The number of carboxylic acids is 1. The molecule has 134 valence electrons. The van der Waals surface area contributed by atoms with E-state index in [2.05, 4.69) is 0 Å². The molecule has 2 aromatic rings. The Morgan fingerprint density at radius 1 is 1.04 bits per heavy atom. The van der Waals surface area contributed by atoms with Crippen molar-refractivity contribution in [3.05, 3.63) is 59.7 Å². The monoisotopic (exact) mass is 353 g/mol. The van der Waals surface area contributed by atoms with E-state index < -0.39 is 17.7 Å². The summed E-state index contributed by atoms with van der Waals surface area (Å²) in [7, 11) is 0. The van der Waals surface area contributed by atoms with E-state index in [9.17, 15) is 23.1 Å². The smallest absolute Gasteiger partial charge is 0.416 e. The SMILES string of the molecule is CC(COc1ccc(CC(=O)[O-])cc1)Oc1ccc(C(F)(F)F)cc1. The van der Waals surface area contributed by atoms with E-state index in [0.29, 0.717) is 17.1 Å². The van der Waals surface area contributed by atoms with Crippen LogP contribution in [0.15, 0.2) is 48.5 Å². The van der Waals surface area contributed by atoms with E-state index >= 15 is 0 Å². The van der Waals surface area contributed by atoms with Gasteiger partial charge in [-0.25, -0.2) is 0 Å². The molecule has 2 aromatic carbocycles. The molecule has 0 bridgehead atoms. The second kappa shape index (κ2) is 7.92. The van der Waals surface area contributed by atoms with Crippen LogP contribution in [0.5, 0.6) is 11.5 Å². The molecule has 0 aliphatic heterocycles. The molecule has 4 nitrogen and oxygen atoms in total. The number of rotatable bonds is 7. The van der Waals surface area contributed by atoms with Gasteiger partial charge in [0.2, 0.25) is 0 Å². The maximum absolute atomic E-state index is 12.5. The van der Waals surface area contributed by atoms with Gasteiger partial charge in [0.05, 0.1) is 5.56 Å². The predicted octanol–water partition coefficient (Wildman–Crippen LogP) is 2.84. The number of ether oxygens (including phenoxy) is 2. The van der Waals surface area contributed by atoms with Gasteiger partial charge < -0.3 is 19.4 Å². The van der Waals surface area contributed by atoms with E-state index in [1.807, 2.05) is 0 Å². The highest BCUT2D eigenvalue weighted by Crippen LogP contribution is 2.30. The van der Waals surface area contributed by atoms with Gasteiger partial charge in [0.25, 0.3) is 0 Å². The lowest BCUT2D eigenvalue weighted by Crippen LogP contribution is -2.24. The summed E-state index contributed by atoms with van der Waals surface area (Å²) in [5, 5.41) is 10.5. The Labute approximate surface area is 142 Å². The molecular formula is C18H16F3O4-. The number of benzene rings is 2. The van der Waals surface area contributed by atoms with Gasteiger partial charge in [-0.3, -0.25) is 0 Å². The Morgan fingerprint density at radius 2 is 1.60 bits per heavy atom. The van der Waals surface area contributed by atoms with E-state index in [-0.39, 0.29) is 19.1 Å². The second-order valence-corrected chi connectivity index (χ2v) is 5.45. The highest BCUT2D eigenvalue weighted by atomic mass is 19.4. The quantitative estimate of drug-likeness (QED) is 0.768. The first-order valence-corrected chi connectivity index (χ1v) is 7.49. The summed E-state index contributed by atoms with van der Waals surface area (Å²) in [5.41, 5.74) is -0.137. The Morgan fingerprint density at radius 3 is 2.12 bits per heavy atom. The van der Waals surface area contributed by atoms with E-state index in [0.717, 1.165) is 12.1 Å². The van der Waals surface area contributed by atoms with Crippen LogP contribution in [0.4, 0.5) is 13.2 Å². The Bertz CT molecular complexity index is 694. The molecule has 0 heterocycles. The largest absolute Gasteiger partial charge is 0.550 e. The zero-order chi connectivity index (χ0) is 18.4. The molecule has 1 atom stereocenters.